The molecule has 0 amide bonds. The van der Waals surface area contributed by atoms with Gasteiger partial charge in [0, 0.05) is 20.8 Å². The molecule has 0 fully saturated rings. The zero-order valence-electron chi connectivity index (χ0n) is 27.2. The molecule has 0 aliphatic carbocycles. The van der Waals surface area contributed by atoms with Crippen LogP contribution in [-0.2, 0) is 0 Å². The lowest BCUT2D eigenvalue weighted by molar-refractivity contribution is 0.675. The largest absolute Gasteiger partial charge is 0.457 e. The average molecular weight is 694 g/mol. The molecule has 0 atom stereocenters. The molecule has 0 saturated heterocycles. The normalized spacial score (nSPS) is 11.8. The molecule has 0 N–H and O–H groups in total. The minimum Gasteiger partial charge on any atom is -0.457 e. The van der Waals surface area contributed by atoms with Crippen molar-refractivity contribution in [3.8, 4) is 33.4 Å². The number of fused-ring (bicyclic) bond motifs is 6. The van der Waals surface area contributed by atoms with Crippen LogP contribution in [0.4, 0.5) is 0 Å². The van der Waals surface area contributed by atoms with E-state index in [1.54, 1.807) is 0 Å². The van der Waals surface area contributed by atoms with Crippen molar-refractivity contribution < 1.29 is 4.42 Å². The van der Waals surface area contributed by atoms with E-state index in [1.807, 2.05) is 24.3 Å². The van der Waals surface area contributed by atoms with Gasteiger partial charge in [0.25, 0.3) is 0 Å². The van der Waals surface area contributed by atoms with E-state index in [-0.39, 0.29) is 38.4 Å². The number of furan rings is 1. The van der Waals surface area contributed by atoms with Gasteiger partial charge in [-0.1, -0.05) is 141 Å². The summed E-state index contributed by atoms with van der Waals surface area (Å²) in [6.45, 7) is 0. The molecule has 0 spiro atoms. The smallest absolute Gasteiger partial charge is 0.128 e. The van der Waals surface area contributed by atoms with Crippen LogP contribution in [0, 0.1) is 0 Å². The van der Waals surface area contributed by atoms with Crippen molar-refractivity contribution in [2.75, 3.05) is 0 Å². The lowest BCUT2D eigenvalue weighted by Gasteiger charge is -2.22. The van der Waals surface area contributed by atoms with Crippen molar-refractivity contribution >= 4 is 163 Å². The van der Waals surface area contributed by atoms with Crippen molar-refractivity contribution in [2.45, 2.75) is 0 Å². The summed E-state index contributed by atoms with van der Waals surface area (Å²) in [6, 6.07) is 37.9. The predicted octanol–water partition coefficient (Wildman–Crippen LogP) is 4.37. The average Bonchev–Trinajstić information content (AvgIpc) is 3.56. The van der Waals surface area contributed by atoms with Crippen molar-refractivity contribution in [3.05, 3.63) is 114 Å². The van der Waals surface area contributed by atoms with E-state index in [0.717, 1.165) is 53.8 Å². The third-order valence-electron chi connectivity index (χ3n) is 10.2. The molecular weight excluding hydrogens is 676 g/mol. The highest BCUT2D eigenvalue weighted by molar-refractivity contribution is 9.10. The quantitative estimate of drug-likeness (QED) is 0.198. The summed E-state index contributed by atoms with van der Waals surface area (Å²) in [5, 5.41) is 7.38. The Morgan fingerprint density at radius 2 is 0.804 bits per heavy atom. The van der Waals surface area contributed by atoms with Crippen LogP contribution in [0.5, 0.6) is 0 Å². The van der Waals surface area contributed by atoms with Crippen LogP contribution >= 0.6 is 15.9 Å². The number of hydrogen-bond acceptors (Lipinski definition) is 1. The molecule has 1 aromatic heterocycles. The molecule has 14 radical (unpaired) electrons. The van der Waals surface area contributed by atoms with Crippen molar-refractivity contribution in [2.24, 2.45) is 0 Å². The second kappa shape index (κ2) is 11.9. The predicted molar refractivity (Wildman–Crippen MR) is 228 cm³/mol. The second-order valence-corrected chi connectivity index (χ2v) is 13.7. The lowest BCUT2D eigenvalue weighted by Crippen LogP contribution is -2.47. The Morgan fingerprint density at radius 3 is 1.39 bits per heavy atom. The number of hydrogen-bond donors (Lipinski definition) is 0. The molecule has 0 aliphatic heterocycles. The number of benzene rings is 8. The fourth-order valence-corrected chi connectivity index (χ4v) is 8.27. The molecule has 1 nitrogen and oxygen atoms in total. The Morgan fingerprint density at radius 1 is 0.353 bits per heavy atom. The van der Waals surface area contributed by atoms with E-state index in [2.05, 4.69) is 101 Å². The molecule has 0 aliphatic rings. The van der Waals surface area contributed by atoms with Gasteiger partial charge in [0.1, 0.15) is 66.1 Å². The maximum absolute atomic E-state index is 6.96. The molecular formula is C42H18B7BrO. The third-order valence-corrected chi connectivity index (χ3v) is 10.8. The Balaban J connectivity index is 1.37. The van der Waals surface area contributed by atoms with E-state index < -0.39 is 0 Å². The van der Waals surface area contributed by atoms with Crippen molar-refractivity contribution in [1.29, 1.82) is 0 Å². The first-order valence-electron chi connectivity index (χ1n) is 16.3. The standard InChI is InChI=1S/C42H18B7BrO/c43-34-31(32-33-35(44)36(45)38(47)40(49)42(33)51-41(32)39(48)37(34)46)30-25-11-5-3-9-23(25)28(24-10-4-6-12-26(24)30)20-13-15-21(16-14-20)29-22-8-2-1-7-19(22)17-18-27(29)50/h1-18H. The minimum atomic E-state index is 0.138. The first-order valence-corrected chi connectivity index (χ1v) is 17.1. The van der Waals surface area contributed by atoms with Crippen LogP contribution in [0.25, 0.3) is 87.6 Å². The Kier molecular flexibility index (Phi) is 7.53. The zero-order chi connectivity index (χ0) is 35.3. The van der Waals surface area contributed by atoms with Crippen LogP contribution in [0.15, 0.2) is 118 Å². The summed E-state index contributed by atoms with van der Waals surface area (Å²) in [4.78, 5) is 0. The molecule has 0 unspecified atom stereocenters. The molecule has 8 aromatic carbocycles. The summed E-state index contributed by atoms with van der Waals surface area (Å²) in [6.07, 6.45) is 0. The van der Waals surface area contributed by atoms with Crippen LogP contribution < -0.4 is 38.2 Å². The highest BCUT2D eigenvalue weighted by Crippen LogP contribution is 2.46. The second-order valence-electron chi connectivity index (χ2n) is 12.8. The molecule has 220 valence electrons. The molecule has 0 saturated carbocycles. The fourth-order valence-electron chi connectivity index (χ4n) is 7.70. The van der Waals surface area contributed by atoms with Crippen LogP contribution in [-0.4, -0.2) is 54.9 Å². The first-order chi connectivity index (χ1) is 24.7. The van der Waals surface area contributed by atoms with Gasteiger partial charge in [0.2, 0.25) is 0 Å². The molecule has 9 heteroatoms. The van der Waals surface area contributed by atoms with E-state index in [1.165, 1.54) is 10.8 Å². The highest BCUT2D eigenvalue weighted by atomic mass is 79.9. The van der Waals surface area contributed by atoms with Gasteiger partial charge in [0.15, 0.2) is 0 Å². The fraction of sp³-hybridized carbons (Fsp3) is 0. The molecule has 0 bridgehead atoms. The maximum atomic E-state index is 6.96. The van der Waals surface area contributed by atoms with Crippen LogP contribution in [0.2, 0.25) is 0 Å². The van der Waals surface area contributed by atoms with E-state index in [9.17, 15) is 0 Å². The Hall–Kier alpha value is -4.73. The lowest BCUT2D eigenvalue weighted by atomic mass is 9.64. The van der Waals surface area contributed by atoms with Crippen molar-refractivity contribution in [1.82, 2.24) is 0 Å². The van der Waals surface area contributed by atoms with Crippen LogP contribution in [0.3, 0.4) is 0 Å². The third kappa shape index (κ3) is 4.63. The molecule has 9 rings (SSSR count). The Bertz CT molecular complexity index is 2890. The van der Waals surface area contributed by atoms with E-state index in [0.29, 0.717) is 27.4 Å². The minimum absolute atomic E-state index is 0.138. The summed E-state index contributed by atoms with van der Waals surface area (Å²) >= 11 is 3.81. The van der Waals surface area contributed by atoms with Crippen LogP contribution in [0.1, 0.15) is 0 Å². The summed E-state index contributed by atoms with van der Waals surface area (Å²) < 4.78 is 7.37. The van der Waals surface area contributed by atoms with Gasteiger partial charge < -0.3 is 4.42 Å². The molecule has 51 heavy (non-hydrogen) atoms. The summed E-state index contributed by atoms with van der Waals surface area (Å²) in [5.41, 5.74) is 7.85. The van der Waals surface area contributed by atoms with E-state index in [4.69, 9.17) is 59.3 Å². The Labute approximate surface area is 313 Å². The molecule has 1 heterocycles. The highest BCUT2D eigenvalue weighted by Gasteiger charge is 2.25. The SMILES string of the molecule is [B]c1c([B])c([B])c2c(oc3c([B])c([B])c([B])c(-c4c5ccccc5c(-c5ccc(-c6c(Br)ccc7ccccc67)cc5)c5ccccc45)c32)c1[B]. The molecule has 9 aromatic rings. The van der Waals surface area contributed by atoms with Gasteiger partial charge in [-0.2, -0.15) is 0 Å². The van der Waals surface area contributed by atoms with Crippen molar-refractivity contribution in [3.63, 3.8) is 0 Å². The van der Waals surface area contributed by atoms with Gasteiger partial charge in [-0.05, 0) is 66.2 Å². The van der Waals surface area contributed by atoms with Gasteiger partial charge in [-0.25, -0.2) is 0 Å². The first kappa shape index (κ1) is 32.2. The topological polar surface area (TPSA) is 13.1 Å². The monoisotopic (exact) mass is 694 g/mol. The summed E-state index contributed by atoms with van der Waals surface area (Å²) in [5.74, 6) is 0. The van der Waals surface area contributed by atoms with E-state index >= 15 is 0 Å². The van der Waals surface area contributed by atoms with Gasteiger partial charge in [-0.3, -0.25) is 0 Å². The maximum Gasteiger partial charge on any atom is 0.128 e. The number of rotatable bonds is 3. The zero-order valence-corrected chi connectivity index (χ0v) is 28.8. The van der Waals surface area contributed by atoms with Gasteiger partial charge >= 0.3 is 0 Å². The van der Waals surface area contributed by atoms with Gasteiger partial charge in [0.05, 0.1) is 0 Å². The number of halogens is 1. The summed E-state index contributed by atoms with van der Waals surface area (Å²) in [7, 11) is 45.9. The van der Waals surface area contributed by atoms with Gasteiger partial charge in [-0.15, -0.1) is 16.4 Å².